The molecular weight excluding hydrogens is 246 g/mol. The fourth-order valence-corrected chi connectivity index (χ4v) is 1.98. The largest absolute Gasteiger partial charge is 0.463 e. The normalized spacial score (nSPS) is 19.2. The van der Waals surface area contributed by atoms with Crippen molar-refractivity contribution in [2.24, 2.45) is 0 Å². The molecule has 1 heterocycles. The van der Waals surface area contributed by atoms with Crippen LogP contribution in [0.4, 0.5) is 0 Å². The number of hydrogen-bond donors (Lipinski definition) is 1. The molecule has 1 aliphatic heterocycles. The number of ether oxygens (including phenoxy) is 1. The number of piperidine rings is 1. The minimum Gasteiger partial charge on any atom is -0.463 e. The SMILES string of the molecule is [2H]/C(C(=O)CO)=C(/[2H])C(=O)OCCCCN1CCCCC1. The quantitative estimate of drug-likeness (QED) is 0.404. The van der Waals surface area contributed by atoms with Crippen LogP contribution >= 0.6 is 0 Å². The van der Waals surface area contributed by atoms with Gasteiger partial charge in [0.1, 0.15) is 6.61 Å². The summed E-state index contributed by atoms with van der Waals surface area (Å²) in [5.74, 6) is -1.94. The number of hydrogen-bond acceptors (Lipinski definition) is 5. The van der Waals surface area contributed by atoms with Gasteiger partial charge in [-0.05, 0) is 51.4 Å². The van der Waals surface area contributed by atoms with Gasteiger partial charge in [0.15, 0.2) is 5.78 Å². The number of carbonyl (C=O) groups is 2. The van der Waals surface area contributed by atoms with Gasteiger partial charge in [0.2, 0.25) is 0 Å². The number of rotatable bonds is 8. The predicted octanol–water partition coefficient (Wildman–Crippen LogP) is 0.913. The van der Waals surface area contributed by atoms with E-state index >= 15 is 0 Å². The van der Waals surface area contributed by atoms with Crippen LogP contribution in [-0.2, 0) is 14.3 Å². The van der Waals surface area contributed by atoms with E-state index in [2.05, 4.69) is 4.90 Å². The van der Waals surface area contributed by atoms with Crippen LogP contribution in [-0.4, -0.2) is 54.6 Å². The molecule has 0 unspecified atom stereocenters. The molecule has 0 aromatic rings. The average Bonchev–Trinajstić information content (AvgIpc) is 2.53. The van der Waals surface area contributed by atoms with E-state index in [9.17, 15) is 9.59 Å². The molecule has 1 saturated heterocycles. The van der Waals surface area contributed by atoms with Crippen molar-refractivity contribution < 1.29 is 22.2 Å². The van der Waals surface area contributed by atoms with Crippen molar-refractivity contribution in [3.05, 3.63) is 12.1 Å². The number of nitrogens with zero attached hydrogens (tertiary/aromatic N) is 1. The molecule has 108 valence electrons. The molecule has 0 atom stereocenters. The second kappa shape index (κ2) is 9.69. The van der Waals surface area contributed by atoms with Crippen LogP contribution in [0.5, 0.6) is 0 Å². The smallest absolute Gasteiger partial charge is 0.330 e. The highest BCUT2D eigenvalue weighted by molar-refractivity contribution is 5.96. The van der Waals surface area contributed by atoms with Gasteiger partial charge in [-0.3, -0.25) is 4.79 Å². The number of aliphatic hydroxyl groups is 1. The summed E-state index contributed by atoms with van der Waals surface area (Å²) in [6.07, 6.45) is 5.39. The van der Waals surface area contributed by atoms with Gasteiger partial charge < -0.3 is 14.7 Å². The molecule has 0 radical (unpaired) electrons. The number of ketones is 1. The topological polar surface area (TPSA) is 66.8 Å². The van der Waals surface area contributed by atoms with E-state index in [1.54, 1.807) is 0 Å². The van der Waals surface area contributed by atoms with Crippen molar-refractivity contribution >= 4 is 11.8 Å². The van der Waals surface area contributed by atoms with Gasteiger partial charge in [0, 0.05) is 6.05 Å². The molecular formula is C14H23NO4. The lowest BCUT2D eigenvalue weighted by molar-refractivity contribution is -0.138. The summed E-state index contributed by atoms with van der Waals surface area (Å²) in [5, 5.41) is 8.56. The Balaban J connectivity index is 2.19. The maximum atomic E-state index is 11.4. The monoisotopic (exact) mass is 271 g/mol. The van der Waals surface area contributed by atoms with Crippen molar-refractivity contribution in [1.29, 1.82) is 0 Å². The molecule has 0 bridgehead atoms. The van der Waals surface area contributed by atoms with E-state index in [-0.39, 0.29) is 6.61 Å². The minimum atomic E-state index is -0.986. The molecule has 5 nitrogen and oxygen atoms in total. The summed E-state index contributed by atoms with van der Waals surface area (Å²) in [5.41, 5.74) is 0. The Morgan fingerprint density at radius 3 is 2.63 bits per heavy atom. The van der Waals surface area contributed by atoms with Crippen molar-refractivity contribution in [2.75, 3.05) is 32.8 Å². The lowest BCUT2D eigenvalue weighted by Crippen LogP contribution is -2.30. The number of carbonyl (C=O) groups excluding carboxylic acids is 2. The van der Waals surface area contributed by atoms with Crippen LogP contribution in [0.2, 0.25) is 0 Å². The first-order chi connectivity index (χ1) is 10.1. The zero-order chi connectivity index (χ0) is 15.7. The standard InChI is InChI=1S/C14H23NO4/c16-12-13(17)6-7-14(18)19-11-5-4-10-15-8-2-1-3-9-15/h6-7,16H,1-5,8-12H2/b7-6+/i6D,7D. The molecule has 0 spiro atoms. The van der Waals surface area contributed by atoms with Crippen LogP contribution in [0, 0.1) is 0 Å². The molecule has 1 N–H and O–H groups in total. The molecule has 19 heavy (non-hydrogen) atoms. The van der Waals surface area contributed by atoms with E-state index in [1.807, 2.05) is 0 Å². The summed E-state index contributed by atoms with van der Waals surface area (Å²) < 4.78 is 19.4. The highest BCUT2D eigenvalue weighted by Gasteiger charge is 2.08. The zero-order valence-corrected chi connectivity index (χ0v) is 11.2. The molecule has 0 aliphatic carbocycles. The van der Waals surface area contributed by atoms with Crippen LogP contribution in [0.1, 0.15) is 34.8 Å². The maximum absolute atomic E-state index is 11.4. The number of esters is 1. The van der Waals surface area contributed by atoms with Gasteiger partial charge in [0.25, 0.3) is 0 Å². The molecule has 0 aromatic heterocycles. The van der Waals surface area contributed by atoms with Gasteiger partial charge >= 0.3 is 5.97 Å². The highest BCUT2D eigenvalue weighted by Crippen LogP contribution is 2.09. The highest BCUT2D eigenvalue weighted by atomic mass is 16.5. The fourth-order valence-electron chi connectivity index (χ4n) is 1.98. The zero-order valence-electron chi connectivity index (χ0n) is 13.2. The second-order valence-electron chi connectivity index (χ2n) is 4.58. The Hall–Kier alpha value is -1.20. The third-order valence-corrected chi connectivity index (χ3v) is 3.00. The van der Waals surface area contributed by atoms with Gasteiger partial charge in [-0.2, -0.15) is 0 Å². The van der Waals surface area contributed by atoms with Gasteiger partial charge in [-0.15, -0.1) is 0 Å². The first kappa shape index (κ1) is 12.8. The number of aliphatic hydroxyl groups excluding tert-OH is 1. The van der Waals surface area contributed by atoms with Crippen LogP contribution in [0.15, 0.2) is 12.1 Å². The Bertz CT molecular complexity index is 392. The first-order valence-electron chi connectivity index (χ1n) is 7.77. The molecule has 0 saturated carbocycles. The summed E-state index contributed by atoms with van der Waals surface area (Å²) >= 11 is 0. The van der Waals surface area contributed by atoms with Crippen LogP contribution < -0.4 is 0 Å². The number of unbranched alkanes of at least 4 members (excludes halogenated alkanes) is 1. The first-order valence-corrected chi connectivity index (χ1v) is 6.77. The predicted molar refractivity (Wildman–Crippen MR) is 71.7 cm³/mol. The third-order valence-electron chi connectivity index (χ3n) is 3.00. The van der Waals surface area contributed by atoms with E-state index in [4.69, 9.17) is 12.6 Å². The van der Waals surface area contributed by atoms with E-state index in [0.29, 0.717) is 6.42 Å². The third kappa shape index (κ3) is 7.74. The Kier molecular flexibility index (Phi) is 6.54. The fraction of sp³-hybridized carbons (Fsp3) is 0.714. The van der Waals surface area contributed by atoms with E-state index < -0.39 is 30.5 Å². The Labute approximate surface area is 117 Å². The lowest BCUT2D eigenvalue weighted by atomic mass is 10.1. The molecule has 0 amide bonds. The van der Waals surface area contributed by atoms with Crippen molar-refractivity contribution in [3.63, 3.8) is 0 Å². The summed E-state index contributed by atoms with van der Waals surface area (Å²) in [6.45, 7) is 2.53. The summed E-state index contributed by atoms with van der Waals surface area (Å²) in [6, 6.07) is -1.61. The van der Waals surface area contributed by atoms with Gasteiger partial charge in [-0.1, -0.05) is 6.42 Å². The van der Waals surface area contributed by atoms with Gasteiger partial charge in [0.05, 0.1) is 9.35 Å². The summed E-state index contributed by atoms with van der Waals surface area (Å²) in [7, 11) is 0. The molecule has 1 rings (SSSR count). The maximum Gasteiger partial charge on any atom is 0.330 e. The van der Waals surface area contributed by atoms with Gasteiger partial charge in [-0.25, -0.2) is 4.79 Å². The van der Waals surface area contributed by atoms with E-state index in [1.165, 1.54) is 19.3 Å². The number of likely N-dealkylation sites (tertiary alicyclic amines) is 1. The minimum absolute atomic E-state index is 0.176. The Morgan fingerprint density at radius 1 is 1.21 bits per heavy atom. The Morgan fingerprint density at radius 2 is 1.95 bits per heavy atom. The van der Waals surface area contributed by atoms with Crippen molar-refractivity contribution in [2.45, 2.75) is 32.1 Å². The molecule has 1 fully saturated rings. The lowest BCUT2D eigenvalue weighted by Gasteiger charge is -2.26. The van der Waals surface area contributed by atoms with Crippen LogP contribution in [0.3, 0.4) is 0 Å². The summed E-state index contributed by atoms with van der Waals surface area (Å²) in [4.78, 5) is 24.8. The second-order valence-corrected chi connectivity index (χ2v) is 4.58. The average molecular weight is 271 g/mol. The van der Waals surface area contributed by atoms with E-state index in [0.717, 1.165) is 26.1 Å². The molecule has 5 heteroatoms. The van der Waals surface area contributed by atoms with Crippen LogP contribution in [0.25, 0.3) is 0 Å². The van der Waals surface area contributed by atoms with Crippen molar-refractivity contribution in [3.8, 4) is 0 Å². The van der Waals surface area contributed by atoms with Crippen molar-refractivity contribution in [1.82, 2.24) is 4.90 Å². The molecule has 0 aromatic carbocycles. The molecule has 1 aliphatic rings.